The van der Waals surface area contributed by atoms with Crippen LogP contribution in [0, 0.1) is 17.0 Å². The number of methoxy groups -OCH3 is 1. The molecule has 1 N–H and O–H groups in total. The number of non-ortho nitro benzene ring substituents is 1. The summed E-state index contributed by atoms with van der Waals surface area (Å²) in [6.45, 7) is 3.40. The first kappa shape index (κ1) is 16.8. The number of amides is 1. The maximum Gasteiger partial charge on any atom is 0.273 e. The van der Waals surface area contributed by atoms with E-state index in [2.05, 4.69) is 10.4 Å². The lowest BCUT2D eigenvalue weighted by molar-refractivity contribution is -0.384. The van der Waals surface area contributed by atoms with E-state index >= 15 is 0 Å². The monoisotopic (exact) mass is 338 g/mol. The second-order valence-electron chi connectivity index (χ2n) is 4.85. The Hall–Kier alpha value is -2.61. The normalized spacial score (nSPS) is 11.8. The molecule has 122 valence electrons. The SMILES string of the molecule is COc1cc([N+](=O)[O-])ccc1NC(=O)C(C)n1cc(Cl)c(C)n1. The summed E-state index contributed by atoms with van der Waals surface area (Å²) in [5.41, 5.74) is 0.839. The zero-order valence-corrected chi connectivity index (χ0v) is 13.5. The van der Waals surface area contributed by atoms with Gasteiger partial charge in [0.25, 0.3) is 5.69 Å². The summed E-state index contributed by atoms with van der Waals surface area (Å²) in [6.07, 6.45) is 1.56. The van der Waals surface area contributed by atoms with Crippen LogP contribution in [0.25, 0.3) is 0 Å². The molecule has 0 aliphatic heterocycles. The Bertz CT molecular complexity index is 740. The topological polar surface area (TPSA) is 99.3 Å². The number of nitrogens with zero attached hydrogens (tertiary/aromatic N) is 3. The van der Waals surface area contributed by atoms with Gasteiger partial charge in [-0.2, -0.15) is 5.10 Å². The van der Waals surface area contributed by atoms with Crippen LogP contribution in [0.4, 0.5) is 11.4 Å². The molecule has 1 heterocycles. The highest BCUT2D eigenvalue weighted by Crippen LogP contribution is 2.29. The molecule has 0 radical (unpaired) electrons. The summed E-state index contributed by atoms with van der Waals surface area (Å²) in [7, 11) is 1.37. The van der Waals surface area contributed by atoms with Crippen molar-refractivity contribution in [2.45, 2.75) is 19.9 Å². The van der Waals surface area contributed by atoms with Crippen molar-refractivity contribution in [1.82, 2.24) is 9.78 Å². The molecular weight excluding hydrogens is 324 g/mol. The first-order chi connectivity index (χ1) is 10.8. The van der Waals surface area contributed by atoms with E-state index in [1.807, 2.05) is 0 Å². The molecule has 0 aliphatic carbocycles. The Labute approximate surface area is 137 Å². The number of nitro groups is 1. The lowest BCUT2D eigenvalue weighted by Gasteiger charge is -2.14. The second-order valence-corrected chi connectivity index (χ2v) is 5.26. The molecular formula is C14H15ClN4O4. The van der Waals surface area contributed by atoms with E-state index in [0.717, 1.165) is 0 Å². The highest BCUT2D eigenvalue weighted by atomic mass is 35.5. The minimum Gasteiger partial charge on any atom is -0.494 e. The molecule has 23 heavy (non-hydrogen) atoms. The van der Waals surface area contributed by atoms with Gasteiger partial charge in [0.1, 0.15) is 11.8 Å². The van der Waals surface area contributed by atoms with Crippen LogP contribution in [0.1, 0.15) is 18.7 Å². The zero-order chi connectivity index (χ0) is 17.1. The van der Waals surface area contributed by atoms with Crippen molar-refractivity contribution < 1.29 is 14.5 Å². The fourth-order valence-corrected chi connectivity index (χ4v) is 2.05. The van der Waals surface area contributed by atoms with E-state index < -0.39 is 11.0 Å². The maximum absolute atomic E-state index is 12.3. The molecule has 0 spiro atoms. The van der Waals surface area contributed by atoms with Gasteiger partial charge in [-0.15, -0.1) is 0 Å². The van der Waals surface area contributed by atoms with Crippen molar-refractivity contribution in [2.75, 3.05) is 12.4 Å². The van der Waals surface area contributed by atoms with Crippen molar-refractivity contribution in [2.24, 2.45) is 0 Å². The van der Waals surface area contributed by atoms with E-state index in [0.29, 0.717) is 16.4 Å². The molecule has 0 aliphatic rings. The lowest BCUT2D eigenvalue weighted by atomic mass is 10.2. The van der Waals surface area contributed by atoms with Crippen LogP contribution in [0.3, 0.4) is 0 Å². The van der Waals surface area contributed by atoms with E-state index in [1.165, 1.54) is 30.0 Å². The Morgan fingerprint density at radius 1 is 1.52 bits per heavy atom. The van der Waals surface area contributed by atoms with E-state index in [-0.39, 0.29) is 17.3 Å². The van der Waals surface area contributed by atoms with Gasteiger partial charge >= 0.3 is 0 Å². The zero-order valence-electron chi connectivity index (χ0n) is 12.7. The van der Waals surface area contributed by atoms with Crippen molar-refractivity contribution in [1.29, 1.82) is 0 Å². The number of rotatable bonds is 5. The number of carbonyl (C=O) groups excluding carboxylic acids is 1. The van der Waals surface area contributed by atoms with Crippen LogP contribution in [-0.2, 0) is 4.79 Å². The lowest BCUT2D eigenvalue weighted by Crippen LogP contribution is -2.24. The summed E-state index contributed by atoms with van der Waals surface area (Å²) in [6, 6.07) is 3.34. The molecule has 0 bridgehead atoms. The van der Waals surface area contributed by atoms with Crippen LogP contribution in [-0.4, -0.2) is 27.7 Å². The molecule has 8 nitrogen and oxygen atoms in total. The fraction of sp³-hybridized carbons (Fsp3) is 0.286. The molecule has 0 saturated carbocycles. The van der Waals surface area contributed by atoms with Crippen LogP contribution >= 0.6 is 11.6 Å². The third kappa shape index (κ3) is 3.59. The molecule has 1 aromatic heterocycles. The van der Waals surface area contributed by atoms with Gasteiger partial charge in [-0.3, -0.25) is 19.6 Å². The molecule has 9 heteroatoms. The third-order valence-electron chi connectivity index (χ3n) is 3.29. The first-order valence-electron chi connectivity index (χ1n) is 6.68. The predicted molar refractivity (Wildman–Crippen MR) is 85.0 cm³/mol. The molecule has 1 amide bonds. The molecule has 0 fully saturated rings. The summed E-state index contributed by atoms with van der Waals surface area (Å²) < 4.78 is 6.53. The molecule has 0 saturated heterocycles. The molecule has 1 aromatic carbocycles. The van der Waals surface area contributed by atoms with Gasteiger partial charge in [0.05, 0.1) is 34.5 Å². The Morgan fingerprint density at radius 3 is 2.74 bits per heavy atom. The Kier molecular flexibility index (Phi) is 4.85. The van der Waals surface area contributed by atoms with Gasteiger partial charge in [0.2, 0.25) is 5.91 Å². The largest absolute Gasteiger partial charge is 0.494 e. The van der Waals surface area contributed by atoms with E-state index in [9.17, 15) is 14.9 Å². The Balaban J connectivity index is 2.20. The van der Waals surface area contributed by atoms with Crippen LogP contribution in [0.5, 0.6) is 5.75 Å². The number of hydrogen-bond acceptors (Lipinski definition) is 5. The number of nitrogens with one attached hydrogen (secondary N) is 1. The number of anilines is 1. The quantitative estimate of drug-likeness (QED) is 0.667. The van der Waals surface area contributed by atoms with Crippen molar-refractivity contribution in [3.8, 4) is 5.75 Å². The van der Waals surface area contributed by atoms with Crippen LogP contribution < -0.4 is 10.1 Å². The van der Waals surface area contributed by atoms with E-state index in [1.54, 1.807) is 20.0 Å². The van der Waals surface area contributed by atoms with Gasteiger partial charge in [-0.1, -0.05) is 11.6 Å². The standard InChI is InChI=1S/C14H15ClN4O4/c1-8-11(15)7-18(17-8)9(2)14(20)16-12-5-4-10(19(21)22)6-13(12)23-3/h4-7,9H,1-3H3,(H,16,20). The average molecular weight is 339 g/mol. The number of nitro benzene ring substituents is 1. The predicted octanol–water partition coefficient (Wildman–Crippen LogP) is 2.96. The fourth-order valence-electron chi connectivity index (χ4n) is 1.91. The smallest absolute Gasteiger partial charge is 0.273 e. The average Bonchev–Trinajstić information content (AvgIpc) is 2.85. The number of carbonyl (C=O) groups is 1. The highest BCUT2D eigenvalue weighted by molar-refractivity contribution is 6.31. The Morgan fingerprint density at radius 2 is 2.22 bits per heavy atom. The highest BCUT2D eigenvalue weighted by Gasteiger charge is 2.20. The number of benzene rings is 1. The molecule has 2 aromatic rings. The van der Waals surface area contributed by atoms with Gasteiger partial charge in [-0.25, -0.2) is 0 Å². The van der Waals surface area contributed by atoms with Gasteiger partial charge < -0.3 is 10.1 Å². The molecule has 1 atom stereocenters. The second kappa shape index (κ2) is 6.66. The van der Waals surface area contributed by atoms with Crippen molar-refractivity contribution >= 4 is 28.9 Å². The number of aromatic nitrogens is 2. The number of aryl methyl sites for hydroxylation is 1. The minimum atomic E-state index is -0.610. The maximum atomic E-state index is 12.3. The summed E-state index contributed by atoms with van der Waals surface area (Å²) >= 11 is 5.93. The van der Waals surface area contributed by atoms with Crippen molar-refractivity contribution in [3.05, 3.63) is 45.2 Å². The first-order valence-corrected chi connectivity index (χ1v) is 7.05. The van der Waals surface area contributed by atoms with E-state index in [4.69, 9.17) is 16.3 Å². The summed E-state index contributed by atoms with van der Waals surface area (Å²) in [4.78, 5) is 22.5. The number of halogens is 1. The van der Waals surface area contributed by atoms with Crippen LogP contribution in [0.15, 0.2) is 24.4 Å². The molecule has 2 rings (SSSR count). The van der Waals surface area contributed by atoms with Gasteiger partial charge in [0, 0.05) is 12.3 Å². The summed E-state index contributed by atoms with van der Waals surface area (Å²) in [5.74, 6) is -0.147. The number of ether oxygens (including phenoxy) is 1. The third-order valence-corrected chi connectivity index (χ3v) is 3.66. The van der Waals surface area contributed by atoms with Gasteiger partial charge in [0.15, 0.2) is 0 Å². The van der Waals surface area contributed by atoms with Crippen LogP contribution in [0.2, 0.25) is 5.02 Å². The number of hydrogen-bond donors (Lipinski definition) is 1. The summed E-state index contributed by atoms with van der Waals surface area (Å²) in [5, 5.41) is 18.1. The van der Waals surface area contributed by atoms with Crippen molar-refractivity contribution in [3.63, 3.8) is 0 Å². The van der Waals surface area contributed by atoms with Gasteiger partial charge in [-0.05, 0) is 19.9 Å². The minimum absolute atomic E-state index is 0.123. The molecule has 1 unspecified atom stereocenters.